The summed E-state index contributed by atoms with van der Waals surface area (Å²) in [6.07, 6.45) is 2.10. The minimum atomic E-state index is 0.439. The van der Waals surface area contributed by atoms with Gasteiger partial charge in [-0.05, 0) is 30.2 Å². The van der Waals surface area contributed by atoms with Crippen molar-refractivity contribution in [1.29, 1.82) is 0 Å². The minimum Gasteiger partial charge on any atom is -0.316 e. The van der Waals surface area contributed by atoms with Gasteiger partial charge in [0.25, 0.3) is 0 Å². The minimum absolute atomic E-state index is 0.439. The van der Waals surface area contributed by atoms with Gasteiger partial charge in [-0.2, -0.15) is 5.10 Å². The van der Waals surface area contributed by atoms with Gasteiger partial charge in [0.1, 0.15) is 0 Å². The van der Waals surface area contributed by atoms with Crippen LogP contribution in [0.1, 0.15) is 31.0 Å². The zero-order chi connectivity index (χ0) is 13.1. The van der Waals surface area contributed by atoms with Gasteiger partial charge in [-0.1, -0.05) is 32.0 Å². The molecule has 18 heavy (non-hydrogen) atoms. The lowest BCUT2D eigenvalue weighted by Gasteiger charge is -2.07. The van der Waals surface area contributed by atoms with Gasteiger partial charge in [0.2, 0.25) is 0 Å². The molecule has 2 rings (SSSR count). The van der Waals surface area contributed by atoms with Gasteiger partial charge in [-0.15, -0.1) is 0 Å². The molecule has 0 bridgehead atoms. The van der Waals surface area contributed by atoms with Crippen molar-refractivity contribution in [2.75, 3.05) is 7.05 Å². The number of rotatable bonds is 4. The first-order chi connectivity index (χ1) is 8.61. The van der Waals surface area contributed by atoms with E-state index in [0.29, 0.717) is 5.92 Å². The van der Waals surface area contributed by atoms with Gasteiger partial charge < -0.3 is 5.32 Å². The highest BCUT2D eigenvalue weighted by atomic mass is 15.3. The van der Waals surface area contributed by atoms with E-state index in [1.807, 2.05) is 18.8 Å². The van der Waals surface area contributed by atoms with E-state index >= 15 is 0 Å². The number of hydrogen-bond acceptors (Lipinski definition) is 2. The third kappa shape index (κ3) is 2.62. The van der Waals surface area contributed by atoms with E-state index in [1.54, 1.807) is 0 Å². The molecule has 0 amide bonds. The number of nitrogens with zero attached hydrogens (tertiary/aromatic N) is 2. The lowest BCUT2D eigenvalue weighted by atomic mass is 9.99. The lowest BCUT2D eigenvalue weighted by molar-refractivity contribution is 0.713. The fraction of sp³-hybridized carbons (Fsp3) is 0.400. The summed E-state index contributed by atoms with van der Waals surface area (Å²) in [5.41, 5.74) is 4.96. The Bertz CT molecular complexity index is 526. The van der Waals surface area contributed by atoms with Crippen LogP contribution in [0.5, 0.6) is 0 Å². The van der Waals surface area contributed by atoms with E-state index < -0.39 is 0 Å². The SMILES string of the molecule is CNCc1cccc(-c2cn(C)nc2C(C)C)c1. The number of nitrogens with one attached hydrogen (secondary N) is 1. The molecule has 0 radical (unpaired) electrons. The van der Waals surface area contributed by atoms with Crippen LogP contribution in [-0.4, -0.2) is 16.8 Å². The second-order valence-electron chi connectivity index (χ2n) is 4.99. The van der Waals surface area contributed by atoms with Gasteiger partial charge in [0.15, 0.2) is 0 Å². The highest BCUT2D eigenvalue weighted by Crippen LogP contribution is 2.28. The Morgan fingerprint density at radius 3 is 2.78 bits per heavy atom. The van der Waals surface area contributed by atoms with E-state index in [1.165, 1.54) is 22.4 Å². The van der Waals surface area contributed by atoms with Crippen molar-refractivity contribution in [1.82, 2.24) is 15.1 Å². The summed E-state index contributed by atoms with van der Waals surface area (Å²) >= 11 is 0. The molecular weight excluding hydrogens is 222 g/mol. The van der Waals surface area contributed by atoms with Crippen LogP contribution < -0.4 is 5.32 Å². The Hall–Kier alpha value is -1.61. The number of aryl methyl sites for hydroxylation is 1. The van der Waals surface area contributed by atoms with Crippen LogP contribution in [0.4, 0.5) is 0 Å². The van der Waals surface area contributed by atoms with Crippen LogP contribution >= 0.6 is 0 Å². The van der Waals surface area contributed by atoms with Gasteiger partial charge in [0.05, 0.1) is 5.69 Å². The second-order valence-corrected chi connectivity index (χ2v) is 4.99. The predicted octanol–water partition coefficient (Wildman–Crippen LogP) is 2.93. The molecule has 0 atom stereocenters. The third-order valence-corrected chi connectivity index (χ3v) is 3.02. The average molecular weight is 243 g/mol. The summed E-state index contributed by atoms with van der Waals surface area (Å²) < 4.78 is 1.90. The van der Waals surface area contributed by atoms with Gasteiger partial charge in [-0.3, -0.25) is 4.68 Å². The van der Waals surface area contributed by atoms with Crippen LogP contribution in [0, 0.1) is 0 Å². The molecule has 0 fully saturated rings. The normalized spacial score (nSPS) is 11.2. The molecule has 1 aromatic heterocycles. The maximum atomic E-state index is 4.56. The molecule has 1 N–H and O–H groups in total. The molecule has 0 saturated heterocycles. The Morgan fingerprint density at radius 2 is 2.11 bits per heavy atom. The van der Waals surface area contributed by atoms with Crippen molar-refractivity contribution in [2.24, 2.45) is 7.05 Å². The second kappa shape index (κ2) is 5.36. The molecule has 3 nitrogen and oxygen atoms in total. The Kier molecular flexibility index (Phi) is 3.82. The van der Waals surface area contributed by atoms with Crippen molar-refractivity contribution in [3.05, 3.63) is 41.7 Å². The first-order valence-electron chi connectivity index (χ1n) is 6.39. The van der Waals surface area contributed by atoms with Crippen LogP contribution in [0.15, 0.2) is 30.5 Å². The van der Waals surface area contributed by atoms with Crippen molar-refractivity contribution in [3.8, 4) is 11.1 Å². The molecule has 0 spiro atoms. The maximum Gasteiger partial charge on any atom is 0.0728 e. The van der Waals surface area contributed by atoms with Gasteiger partial charge in [0, 0.05) is 25.4 Å². The fourth-order valence-corrected chi connectivity index (χ4v) is 2.21. The largest absolute Gasteiger partial charge is 0.316 e. The summed E-state index contributed by atoms with van der Waals surface area (Å²) in [7, 11) is 3.95. The summed E-state index contributed by atoms with van der Waals surface area (Å²) in [6, 6.07) is 8.64. The molecule has 1 aromatic carbocycles. The highest BCUT2D eigenvalue weighted by Gasteiger charge is 2.13. The monoisotopic (exact) mass is 243 g/mol. The van der Waals surface area contributed by atoms with Gasteiger partial charge in [-0.25, -0.2) is 0 Å². The molecule has 2 aromatic rings. The molecule has 0 unspecified atom stereocenters. The van der Waals surface area contributed by atoms with Crippen molar-refractivity contribution in [3.63, 3.8) is 0 Å². The van der Waals surface area contributed by atoms with Gasteiger partial charge >= 0.3 is 0 Å². The number of hydrogen-bond donors (Lipinski definition) is 1. The zero-order valence-corrected chi connectivity index (χ0v) is 11.6. The molecular formula is C15H21N3. The van der Waals surface area contributed by atoms with Crippen molar-refractivity contribution < 1.29 is 0 Å². The summed E-state index contributed by atoms with van der Waals surface area (Å²) in [6.45, 7) is 5.26. The Balaban J connectivity index is 2.44. The number of benzene rings is 1. The molecule has 0 saturated carbocycles. The Labute approximate surface area is 109 Å². The topological polar surface area (TPSA) is 29.9 Å². The molecule has 1 heterocycles. The highest BCUT2D eigenvalue weighted by molar-refractivity contribution is 5.66. The smallest absolute Gasteiger partial charge is 0.0728 e. The van der Waals surface area contributed by atoms with E-state index in [9.17, 15) is 0 Å². The van der Waals surface area contributed by atoms with E-state index in [-0.39, 0.29) is 0 Å². The summed E-state index contributed by atoms with van der Waals surface area (Å²) in [5, 5.41) is 7.75. The fourth-order valence-electron chi connectivity index (χ4n) is 2.21. The zero-order valence-electron chi connectivity index (χ0n) is 11.6. The van der Waals surface area contributed by atoms with Crippen LogP contribution in [0.2, 0.25) is 0 Å². The average Bonchev–Trinajstić information content (AvgIpc) is 2.72. The predicted molar refractivity (Wildman–Crippen MR) is 75.5 cm³/mol. The Morgan fingerprint density at radius 1 is 1.33 bits per heavy atom. The van der Waals surface area contributed by atoms with Crippen LogP contribution in [0.25, 0.3) is 11.1 Å². The van der Waals surface area contributed by atoms with Crippen LogP contribution in [0.3, 0.4) is 0 Å². The summed E-state index contributed by atoms with van der Waals surface area (Å²) in [5.74, 6) is 0.439. The third-order valence-electron chi connectivity index (χ3n) is 3.02. The molecule has 0 aliphatic heterocycles. The van der Waals surface area contributed by atoms with E-state index in [0.717, 1.165) is 6.54 Å². The molecule has 3 heteroatoms. The molecule has 96 valence electrons. The first-order valence-corrected chi connectivity index (χ1v) is 6.39. The molecule has 0 aliphatic carbocycles. The lowest BCUT2D eigenvalue weighted by Crippen LogP contribution is -2.04. The van der Waals surface area contributed by atoms with Crippen molar-refractivity contribution in [2.45, 2.75) is 26.3 Å². The van der Waals surface area contributed by atoms with Crippen molar-refractivity contribution >= 4 is 0 Å². The van der Waals surface area contributed by atoms with Crippen LogP contribution in [-0.2, 0) is 13.6 Å². The quantitative estimate of drug-likeness (QED) is 0.894. The first kappa shape index (κ1) is 12.8. The molecule has 0 aliphatic rings. The van der Waals surface area contributed by atoms with E-state index in [2.05, 4.69) is 54.7 Å². The van der Waals surface area contributed by atoms with E-state index in [4.69, 9.17) is 0 Å². The maximum absolute atomic E-state index is 4.56. The summed E-state index contributed by atoms with van der Waals surface area (Å²) in [4.78, 5) is 0. The standard InChI is InChI=1S/C15H21N3/c1-11(2)15-14(10-18(4)17-15)13-7-5-6-12(8-13)9-16-3/h5-8,10-11,16H,9H2,1-4H3. The number of aromatic nitrogens is 2.